The zero-order valence-corrected chi connectivity index (χ0v) is 21.5. The first-order chi connectivity index (χ1) is 17.7. The monoisotopic (exact) mass is 509 g/mol. The third kappa shape index (κ3) is 8.30. The van der Waals surface area contributed by atoms with E-state index in [1.54, 1.807) is 37.5 Å². The quantitative estimate of drug-likeness (QED) is 0.539. The van der Waals surface area contributed by atoms with Crippen molar-refractivity contribution in [2.75, 3.05) is 26.7 Å². The lowest BCUT2D eigenvalue weighted by molar-refractivity contribution is -0.136. The number of para-hydroxylation sites is 1. The van der Waals surface area contributed by atoms with Gasteiger partial charge in [0.1, 0.15) is 24.4 Å². The van der Waals surface area contributed by atoms with Crippen LogP contribution in [-0.4, -0.2) is 72.3 Å². The SMILES string of the molecule is CC(C)C[C@H]1NC(=O)C[C@@H](C(=O)NCCc2ccccn2)NC(=O)c2ccccc2OCCN(C)C1=O. The Morgan fingerprint density at radius 3 is 2.62 bits per heavy atom. The highest BCUT2D eigenvalue weighted by atomic mass is 16.5. The van der Waals surface area contributed by atoms with Gasteiger partial charge in [0, 0.05) is 31.9 Å². The summed E-state index contributed by atoms with van der Waals surface area (Å²) in [4.78, 5) is 58.0. The van der Waals surface area contributed by atoms with E-state index in [1.807, 2.05) is 32.0 Å². The molecular formula is C27H35N5O5. The van der Waals surface area contributed by atoms with Gasteiger partial charge in [-0.2, -0.15) is 0 Å². The van der Waals surface area contributed by atoms with Crippen LogP contribution in [0.2, 0.25) is 0 Å². The molecule has 1 aromatic heterocycles. The van der Waals surface area contributed by atoms with Crippen molar-refractivity contribution in [3.8, 4) is 5.75 Å². The zero-order valence-electron chi connectivity index (χ0n) is 21.5. The maximum Gasteiger partial charge on any atom is 0.255 e. The van der Waals surface area contributed by atoms with E-state index in [-0.39, 0.29) is 43.5 Å². The molecule has 1 aliphatic heterocycles. The molecule has 2 heterocycles. The van der Waals surface area contributed by atoms with Crippen molar-refractivity contribution in [3.63, 3.8) is 0 Å². The highest BCUT2D eigenvalue weighted by molar-refractivity contribution is 6.01. The Morgan fingerprint density at radius 1 is 1.14 bits per heavy atom. The van der Waals surface area contributed by atoms with Crippen LogP contribution in [0, 0.1) is 5.92 Å². The standard InChI is InChI=1S/C27H35N5O5/c1-18(2)16-22-27(36)32(3)14-15-37-23-10-5-4-9-20(23)25(34)31-21(17-24(33)30-22)26(35)29-13-11-19-8-6-7-12-28-19/h4-10,12,18,21-22H,11,13-17H2,1-3H3,(H,29,35)(H,30,33)(H,31,34)/t21-,22+/m0/s1. The molecule has 4 amide bonds. The summed E-state index contributed by atoms with van der Waals surface area (Å²) in [6, 6.07) is 10.3. The molecule has 0 bridgehead atoms. The number of aromatic nitrogens is 1. The number of nitrogens with zero attached hydrogens (tertiary/aromatic N) is 2. The summed E-state index contributed by atoms with van der Waals surface area (Å²) in [6.07, 6.45) is 2.28. The molecule has 0 spiro atoms. The maximum absolute atomic E-state index is 13.1. The minimum Gasteiger partial charge on any atom is -0.491 e. The Balaban J connectivity index is 1.82. The Labute approximate surface area is 217 Å². The zero-order chi connectivity index (χ0) is 26.8. The summed E-state index contributed by atoms with van der Waals surface area (Å²) >= 11 is 0. The molecule has 1 aliphatic rings. The summed E-state index contributed by atoms with van der Waals surface area (Å²) in [7, 11) is 1.65. The van der Waals surface area contributed by atoms with E-state index < -0.39 is 29.8 Å². The molecule has 37 heavy (non-hydrogen) atoms. The second kappa shape index (κ2) is 13.4. The molecule has 10 nitrogen and oxygen atoms in total. The van der Waals surface area contributed by atoms with Crippen molar-refractivity contribution in [2.24, 2.45) is 5.92 Å². The summed E-state index contributed by atoms with van der Waals surface area (Å²) in [5.41, 5.74) is 1.04. The van der Waals surface area contributed by atoms with E-state index in [4.69, 9.17) is 4.74 Å². The number of benzene rings is 1. The first-order valence-corrected chi connectivity index (χ1v) is 12.5. The topological polar surface area (TPSA) is 130 Å². The number of fused-ring (bicyclic) bond motifs is 1. The number of ether oxygens (including phenoxy) is 1. The van der Waals surface area contributed by atoms with Gasteiger partial charge in [-0.3, -0.25) is 24.2 Å². The van der Waals surface area contributed by atoms with Crippen molar-refractivity contribution < 1.29 is 23.9 Å². The highest BCUT2D eigenvalue weighted by Crippen LogP contribution is 2.19. The van der Waals surface area contributed by atoms with E-state index in [9.17, 15) is 19.2 Å². The summed E-state index contributed by atoms with van der Waals surface area (Å²) in [5.74, 6) is -1.30. The van der Waals surface area contributed by atoms with Gasteiger partial charge in [0.25, 0.3) is 5.91 Å². The Kier molecular flexibility index (Phi) is 10.00. The fourth-order valence-corrected chi connectivity index (χ4v) is 4.01. The molecule has 0 unspecified atom stereocenters. The molecule has 0 saturated carbocycles. The third-order valence-electron chi connectivity index (χ3n) is 5.95. The van der Waals surface area contributed by atoms with Gasteiger partial charge < -0.3 is 25.6 Å². The summed E-state index contributed by atoms with van der Waals surface area (Å²) < 4.78 is 5.82. The van der Waals surface area contributed by atoms with Crippen molar-refractivity contribution in [2.45, 2.75) is 45.2 Å². The first kappa shape index (κ1) is 27.6. The van der Waals surface area contributed by atoms with Gasteiger partial charge in [-0.1, -0.05) is 32.0 Å². The van der Waals surface area contributed by atoms with Crippen LogP contribution in [0.3, 0.4) is 0 Å². The fourth-order valence-electron chi connectivity index (χ4n) is 4.01. The van der Waals surface area contributed by atoms with Gasteiger partial charge in [-0.15, -0.1) is 0 Å². The Morgan fingerprint density at radius 2 is 1.89 bits per heavy atom. The highest BCUT2D eigenvalue weighted by Gasteiger charge is 2.30. The van der Waals surface area contributed by atoms with Crippen LogP contribution in [0.1, 0.15) is 42.7 Å². The van der Waals surface area contributed by atoms with Crippen LogP contribution < -0.4 is 20.7 Å². The number of hydrogen-bond donors (Lipinski definition) is 3. The number of pyridine rings is 1. The molecule has 0 saturated heterocycles. The van der Waals surface area contributed by atoms with Crippen LogP contribution >= 0.6 is 0 Å². The van der Waals surface area contributed by atoms with Crippen LogP contribution in [0.4, 0.5) is 0 Å². The van der Waals surface area contributed by atoms with Crippen LogP contribution in [0.5, 0.6) is 5.75 Å². The normalized spacial score (nSPS) is 19.2. The van der Waals surface area contributed by atoms with E-state index in [0.29, 0.717) is 18.6 Å². The predicted octanol–water partition coefficient (Wildman–Crippen LogP) is 1.31. The number of rotatable bonds is 6. The lowest BCUT2D eigenvalue weighted by atomic mass is 10.0. The van der Waals surface area contributed by atoms with Gasteiger partial charge in [-0.05, 0) is 36.6 Å². The van der Waals surface area contributed by atoms with Crippen LogP contribution in [0.25, 0.3) is 0 Å². The average molecular weight is 510 g/mol. The molecule has 0 fully saturated rings. The van der Waals surface area contributed by atoms with Gasteiger partial charge >= 0.3 is 0 Å². The van der Waals surface area contributed by atoms with Crippen molar-refractivity contribution in [3.05, 3.63) is 59.9 Å². The predicted molar refractivity (Wildman–Crippen MR) is 138 cm³/mol. The van der Waals surface area contributed by atoms with Crippen molar-refractivity contribution >= 4 is 23.6 Å². The molecule has 2 atom stereocenters. The minimum atomic E-state index is -1.15. The number of nitrogens with one attached hydrogen (secondary N) is 3. The summed E-state index contributed by atoms with van der Waals surface area (Å²) in [6.45, 7) is 4.64. The fraction of sp³-hybridized carbons (Fsp3) is 0.444. The van der Waals surface area contributed by atoms with E-state index in [2.05, 4.69) is 20.9 Å². The summed E-state index contributed by atoms with van der Waals surface area (Å²) in [5, 5.41) is 8.23. The minimum absolute atomic E-state index is 0.148. The van der Waals surface area contributed by atoms with Gasteiger partial charge in [-0.25, -0.2) is 0 Å². The molecule has 0 radical (unpaired) electrons. The number of hydrogen-bond acceptors (Lipinski definition) is 6. The van der Waals surface area contributed by atoms with Gasteiger partial charge in [0.15, 0.2) is 0 Å². The van der Waals surface area contributed by atoms with Crippen molar-refractivity contribution in [1.29, 1.82) is 0 Å². The maximum atomic E-state index is 13.1. The van der Waals surface area contributed by atoms with Crippen molar-refractivity contribution in [1.82, 2.24) is 25.8 Å². The van der Waals surface area contributed by atoms with Crippen LogP contribution in [-0.2, 0) is 20.8 Å². The third-order valence-corrected chi connectivity index (χ3v) is 5.95. The molecule has 3 rings (SSSR count). The van der Waals surface area contributed by atoms with E-state index >= 15 is 0 Å². The number of likely N-dealkylation sites (N-methyl/N-ethyl adjacent to an activating group) is 1. The Hall–Kier alpha value is -3.95. The molecule has 0 aliphatic carbocycles. The number of carbonyl (C=O) groups is 4. The van der Waals surface area contributed by atoms with E-state index in [1.165, 1.54) is 4.90 Å². The Bertz CT molecular complexity index is 1090. The lowest BCUT2D eigenvalue weighted by Gasteiger charge is -2.27. The number of amides is 4. The smallest absolute Gasteiger partial charge is 0.255 e. The molecule has 2 aromatic rings. The lowest BCUT2D eigenvalue weighted by Crippen LogP contribution is -2.53. The van der Waals surface area contributed by atoms with Gasteiger partial charge in [0.2, 0.25) is 17.7 Å². The van der Waals surface area contributed by atoms with Crippen LogP contribution in [0.15, 0.2) is 48.7 Å². The average Bonchev–Trinajstić information content (AvgIpc) is 2.87. The second-order valence-electron chi connectivity index (χ2n) is 9.45. The molecule has 3 N–H and O–H groups in total. The van der Waals surface area contributed by atoms with E-state index in [0.717, 1.165) is 5.69 Å². The molecule has 10 heteroatoms. The molecular weight excluding hydrogens is 474 g/mol. The van der Waals surface area contributed by atoms with Gasteiger partial charge in [0.05, 0.1) is 18.5 Å². The largest absolute Gasteiger partial charge is 0.491 e. The second-order valence-corrected chi connectivity index (χ2v) is 9.45. The number of carbonyl (C=O) groups excluding carboxylic acids is 4. The first-order valence-electron chi connectivity index (χ1n) is 12.5. The molecule has 198 valence electrons. The molecule has 1 aromatic carbocycles.